The zero-order chi connectivity index (χ0) is 12.3. The Morgan fingerprint density at radius 1 is 1.31 bits per heavy atom. The van der Waals surface area contributed by atoms with Crippen LogP contribution in [0.4, 0.5) is 17.6 Å². The molecule has 1 aromatic rings. The number of hydrogen-bond donors (Lipinski definition) is 1. The minimum Gasteiger partial charge on any atom is -0.324 e. The molecule has 0 unspecified atom stereocenters. The largest absolute Gasteiger partial charge is 0.389 e. The topological polar surface area (TPSA) is 26.0 Å². The minimum atomic E-state index is -4.23. The first-order valence-corrected chi connectivity index (χ1v) is 5.36. The lowest BCUT2D eigenvalue weighted by Gasteiger charge is -2.13. The van der Waals surface area contributed by atoms with Gasteiger partial charge < -0.3 is 5.73 Å². The van der Waals surface area contributed by atoms with Crippen LogP contribution in [0.3, 0.4) is 0 Å². The molecule has 0 bridgehead atoms. The van der Waals surface area contributed by atoms with E-state index < -0.39 is 24.5 Å². The molecule has 16 heavy (non-hydrogen) atoms. The van der Waals surface area contributed by atoms with Crippen LogP contribution in [0.15, 0.2) is 22.7 Å². The quantitative estimate of drug-likeness (QED) is 0.841. The van der Waals surface area contributed by atoms with Crippen LogP contribution in [0.1, 0.15) is 24.4 Å². The van der Waals surface area contributed by atoms with Gasteiger partial charge in [-0.3, -0.25) is 0 Å². The second-order valence-electron chi connectivity index (χ2n) is 3.43. The maximum atomic E-state index is 13.1. The van der Waals surface area contributed by atoms with Crippen LogP contribution in [0.2, 0.25) is 0 Å². The van der Waals surface area contributed by atoms with Gasteiger partial charge in [-0.2, -0.15) is 13.2 Å². The van der Waals surface area contributed by atoms with Crippen LogP contribution in [-0.2, 0) is 0 Å². The molecule has 0 saturated carbocycles. The fraction of sp³-hybridized carbons (Fsp3) is 0.400. The molecule has 0 amide bonds. The Balaban J connectivity index is 2.66. The molecule has 0 aromatic heterocycles. The van der Waals surface area contributed by atoms with E-state index in [1.54, 1.807) is 0 Å². The molecular formula is C10H10BrF4N. The molecular weight excluding hydrogens is 290 g/mol. The van der Waals surface area contributed by atoms with Crippen molar-refractivity contribution >= 4 is 15.9 Å². The fourth-order valence-corrected chi connectivity index (χ4v) is 1.48. The Hall–Kier alpha value is -0.620. The van der Waals surface area contributed by atoms with Crippen molar-refractivity contribution in [3.05, 3.63) is 34.1 Å². The van der Waals surface area contributed by atoms with Crippen LogP contribution >= 0.6 is 15.9 Å². The average molecular weight is 300 g/mol. The van der Waals surface area contributed by atoms with Crippen molar-refractivity contribution in [3.8, 4) is 0 Å². The van der Waals surface area contributed by atoms with Crippen LogP contribution in [-0.4, -0.2) is 6.18 Å². The first-order chi connectivity index (χ1) is 7.29. The fourth-order valence-electron chi connectivity index (χ4n) is 1.23. The summed E-state index contributed by atoms with van der Waals surface area (Å²) in [7, 11) is 0. The third-order valence-electron chi connectivity index (χ3n) is 2.11. The van der Waals surface area contributed by atoms with Gasteiger partial charge in [0.2, 0.25) is 0 Å². The summed E-state index contributed by atoms with van der Waals surface area (Å²) in [5.41, 5.74) is 5.90. The SMILES string of the molecule is N[C@H](CCC(F)(F)F)c1ccc(Br)c(F)c1. The number of hydrogen-bond acceptors (Lipinski definition) is 1. The molecule has 0 radical (unpaired) electrons. The van der Waals surface area contributed by atoms with Crippen LogP contribution in [0.25, 0.3) is 0 Å². The first-order valence-electron chi connectivity index (χ1n) is 4.57. The summed E-state index contributed by atoms with van der Waals surface area (Å²) in [6.07, 6.45) is -5.44. The van der Waals surface area contributed by atoms with Crippen molar-refractivity contribution in [1.82, 2.24) is 0 Å². The first kappa shape index (κ1) is 13.4. The highest BCUT2D eigenvalue weighted by molar-refractivity contribution is 9.10. The van der Waals surface area contributed by atoms with Gasteiger partial charge in [-0.1, -0.05) is 6.07 Å². The van der Waals surface area contributed by atoms with E-state index in [1.807, 2.05) is 0 Å². The van der Waals surface area contributed by atoms with E-state index in [0.29, 0.717) is 5.56 Å². The van der Waals surface area contributed by atoms with Crippen molar-refractivity contribution < 1.29 is 17.6 Å². The second kappa shape index (κ2) is 5.14. The van der Waals surface area contributed by atoms with Gasteiger partial charge in [0, 0.05) is 12.5 Å². The van der Waals surface area contributed by atoms with Crippen molar-refractivity contribution in [2.24, 2.45) is 5.73 Å². The highest BCUT2D eigenvalue weighted by atomic mass is 79.9. The normalized spacial score (nSPS) is 13.9. The van der Waals surface area contributed by atoms with Crippen LogP contribution in [0.5, 0.6) is 0 Å². The third kappa shape index (κ3) is 4.09. The minimum absolute atomic E-state index is 0.245. The highest BCUT2D eigenvalue weighted by Crippen LogP contribution is 2.27. The smallest absolute Gasteiger partial charge is 0.324 e. The average Bonchev–Trinajstić information content (AvgIpc) is 2.17. The predicted octanol–water partition coefficient (Wildman–Crippen LogP) is 3.93. The summed E-state index contributed by atoms with van der Waals surface area (Å²) in [6, 6.07) is 3.28. The Morgan fingerprint density at radius 2 is 1.94 bits per heavy atom. The lowest BCUT2D eigenvalue weighted by molar-refractivity contribution is -0.136. The molecule has 0 saturated heterocycles. The number of benzene rings is 1. The summed E-state index contributed by atoms with van der Waals surface area (Å²) in [4.78, 5) is 0. The van der Waals surface area contributed by atoms with Gasteiger partial charge in [-0.15, -0.1) is 0 Å². The predicted molar refractivity (Wildman–Crippen MR) is 56.3 cm³/mol. The molecule has 1 nitrogen and oxygen atoms in total. The molecule has 90 valence electrons. The summed E-state index contributed by atoms with van der Waals surface area (Å²) in [6.45, 7) is 0. The lowest BCUT2D eigenvalue weighted by Crippen LogP contribution is -2.15. The summed E-state index contributed by atoms with van der Waals surface area (Å²) in [5.74, 6) is -0.528. The molecule has 1 aromatic carbocycles. The van der Waals surface area contributed by atoms with Crippen molar-refractivity contribution in [1.29, 1.82) is 0 Å². The molecule has 2 N–H and O–H groups in total. The van der Waals surface area contributed by atoms with Crippen molar-refractivity contribution in [3.63, 3.8) is 0 Å². The van der Waals surface area contributed by atoms with Crippen molar-refractivity contribution in [2.75, 3.05) is 0 Å². The zero-order valence-electron chi connectivity index (χ0n) is 8.19. The Labute approximate surface area is 98.8 Å². The monoisotopic (exact) mass is 299 g/mol. The van der Waals surface area contributed by atoms with E-state index in [1.165, 1.54) is 12.1 Å². The second-order valence-corrected chi connectivity index (χ2v) is 4.29. The summed E-state index contributed by atoms with van der Waals surface area (Å²) < 4.78 is 49.2. The van der Waals surface area contributed by atoms with Crippen molar-refractivity contribution in [2.45, 2.75) is 25.1 Å². The highest BCUT2D eigenvalue weighted by Gasteiger charge is 2.27. The number of alkyl halides is 3. The van der Waals surface area contributed by atoms with Gasteiger partial charge in [-0.25, -0.2) is 4.39 Å². The number of nitrogens with two attached hydrogens (primary N) is 1. The molecule has 1 atom stereocenters. The Morgan fingerprint density at radius 3 is 2.44 bits per heavy atom. The number of rotatable bonds is 3. The van der Waals surface area contributed by atoms with Crippen LogP contribution < -0.4 is 5.73 Å². The molecule has 0 spiro atoms. The summed E-state index contributed by atoms with van der Waals surface area (Å²) >= 11 is 2.95. The number of halogens is 5. The Kier molecular flexibility index (Phi) is 4.32. The molecule has 1 rings (SSSR count). The van der Waals surface area contributed by atoms with Gasteiger partial charge in [0.25, 0.3) is 0 Å². The molecule has 0 aliphatic rings. The summed E-state index contributed by atoms with van der Waals surface area (Å²) in [5, 5.41) is 0. The Bertz CT molecular complexity index is 364. The van der Waals surface area contributed by atoms with Crippen LogP contribution in [0, 0.1) is 5.82 Å². The lowest BCUT2D eigenvalue weighted by atomic mass is 10.0. The molecule has 0 heterocycles. The van der Waals surface area contributed by atoms with Gasteiger partial charge in [0.1, 0.15) is 5.82 Å². The standard InChI is InChI=1S/C10H10BrF4N/c11-7-2-1-6(5-8(7)12)9(16)3-4-10(13,14)15/h1-2,5,9H,3-4,16H2/t9-/m1/s1. The van der Waals surface area contributed by atoms with E-state index in [2.05, 4.69) is 15.9 Å². The van der Waals surface area contributed by atoms with E-state index in [0.717, 1.165) is 6.07 Å². The zero-order valence-corrected chi connectivity index (χ0v) is 9.78. The third-order valence-corrected chi connectivity index (χ3v) is 2.75. The van der Waals surface area contributed by atoms with Gasteiger partial charge in [0.15, 0.2) is 0 Å². The molecule has 6 heteroatoms. The van der Waals surface area contributed by atoms with Gasteiger partial charge in [0.05, 0.1) is 4.47 Å². The van der Waals surface area contributed by atoms with Gasteiger partial charge in [-0.05, 0) is 40.0 Å². The molecule has 0 aliphatic carbocycles. The maximum Gasteiger partial charge on any atom is 0.389 e. The van der Waals surface area contributed by atoms with E-state index in [9.17, 15) is 17.6 Å². The van der Waals surface area contributed by atoms with Gasteiger partial charge >= 0.3 is 6.18 Å². The maximum absolute atomic E-state index is 13.1. The van der Waals surface area contributed by atoms with E-state index >= 15 is 0 Å². The van der Waals surface area contributed by atoms with E-state index in [4.69, 9.17) is 5.73 Å². The van der Waals surface area contributed by atoms with E-state index in [-0.39, 0.29) is 10.9 Å². The molecule has 0 aliphatic heterocycles. The molecule has 0 fully saturated rings.